The van der Waals surface area contributed by atoms with Gasteiger partial charge in [-0.25, -0.2) is 0 Å². The number of rotatable bonds is 7. The Morgan fingerprint density at radius 2 is 1.51 bits per heavy atom. The summed E-state index contributed by atoms with van der Waals surface area (Å²) in [6.45, 7) is 0. The van der Waals surface area contributed by atoms with Gasteiger partial charge in [0.15, 0.2) is 0 Å². The molecule has 0 heterocycles. The molecule has 0 saturated carbocycles. The van der Waals surface area contributed by atoms with E-state index in [2.05, 4.69) is 10.6 Å². The van der Waals surface area contributed by atoms with Gasteiger partial charge in [0.1, 0.15) is 5.25 Å². The largest absolute Gasteiger partial charge is 0.416 e. The first kappa shape index (κ1) is 28.8. The third-order valence-electron chi connectivity index (χ3n) is 5.41. The summed E-state index contributed by atoms with van der Waals surface area (Å²) in [5, 5.41) is 5.01. The van der Waals surface area contributed by atoms with E-state index in [0.717, 1.165) is 30.0 Å². The van der Waals surface area contributed by atoms with Crippen LogP contribution in [0.2, 0.25) is 15.1 Å². The molecule has 0 bridgehead atoms. The zero-order chi connectivity index (χ0) is 28.2. The lowest BCUT2D eigenvalue weighted by Crippen LogP contribution is -2.20. The molecule has 2 N–H and O–H groups in total. The molecule has 0 spiro atoms. The first-order valence-electron chi connectivity index (χ1n) is 11.3. The number of thioether (sulfide) groups is 1. The van der Waals surface area contributed by atoms with Crippen LogP contribution in [-0.2, 0) is 11.0 Å². The maximum Gasteiger partial charge on any atom is 0.416 e. The van der Waals surface area contributed by atoms with Gasteiger partial charge in [-0.05, 0) is 60.2 Å². The van der Waals surface area contributed by atoms with Crippen molar-refractivity contribution in [1.29, 1.82) is 0 Å². The van der Waals surface area contributed by atoms with Crippen LogP contribution in [0.3, 0.4) is 0 Å². The lowest BCUT2D eigenvalue weighted by atomic mass is 10.1. The minimum absolute atomic E-state index is 0.0290. The highest BCUT2D eigenvalue weighted by Gasteiger charge is 2.31. The van der Waals surface area contributed by atoms with Crippen LogP contribution < -0.4 is 10.6 Å². The van der Waals surface area contributed by atoms with Crippen LogP contribution in [0.4, 0.5) is 24.5 Å². The van der Waals surface area contributed by atoms with E-state index >= 15 is 0 Å². The summed E-state index contributed by atoms with van der Waals surface area (Å²) in [5.74, 6) is -1.02. The average Bonchev–Trinajstić information content (AvgIpc) is 2.88. The summed E-state index contributed by atoms with van der Waals surface area (Å²) in [6, 6.07) is 22.8. The maximum atomic E-state index is 13.4. The monoisotopic (exact) mass is 608 g/mol. The van der Waals surface area contributed by atoms with Gasteiger partial charge in [-0.2, -0.15) is 13.2 Å². The van der Waals surface area contributed by atoms with E-state index < -0.39 is 28.8 Å². The summed E-state index contributed by atoms with van der Waals surface area (Å²) in [5.41, 5.74) is 0.211. The van der Waals surface area contributed by atoms with Crippen LogP contribution in [0.15, 0.2) is 95.9 Å². The molecule has 200 valence electrons. The SMILES string of the molecule is O=C(Nc1cccc(SC(C(=O)Nc2cc(C(F)(F)F)ccc2Cl)c2ccccc2)c1)c1ccc(Cl)cc1Cl. The van der Waals surface area contributed by atoms with Crippen molar-refractivity contribution in [2.45, 2.75) is 16.3 Å². The normalized spacial score (nSPS) is 12.1. The standard InChI is InChI=1S/C28H18Cl3F3N2O2S/c29-18-10-11-21(23(31)14-18)26(37)35-19-7-4-8-20(15-19)39-25(16-5-2-1-3-6-16)27(38)36-24-13-17(28(32,33)34)9-12-22(24)30/h1-15,25H,(H,35,37)(H,36,38). The number of carbonyl (C=O) groups excluding carboxylic acids is 2. The van der Waals surface area contributed by atoms with Crippen LogP contribution in [0.25, 0.3) is 0 Å². The molecule has 4 nitrogen and oxygen atoms in total. The molecule has 0 aliphatic rings. The average molecular weight is 610 g/mol. The molecule has 11 heteroatoms. The highest BCUT2D eigenvalue weighted by Crippen LogP contribution is 2.39. The van der Waals surface area contributed by atoms with E-state index in [0.29, 0.717) is 21.2 Å². The summed E-state index contributed by atoms with van der Waals surface area (Å²) < 4.78 is 39.7. The Labute approximate surface area is 241 Å². The van der Waals surface area contributed by atoms with Crippen LogP contribution >= 0.6 is 46.6 Å². The van der Waals surface area contributed by atoms with Gasteiger partial charge in [0.2, 0.25) is 5.91 Å². The van der Waals surface area contributed by atoms with Crippen molar-refractivity contribution in [3.63, 3.8) is 0 Å². The minimum atomic E-state index is -4.60. The fourth-order valence-electron chi connectivity index (χ4n) is 3.55. The zero-order valence-electron chi connectivity index (χ0n) is 19.7. The molecule has 0 fully saturated rings. The van der Waals surface area contributed by atoms with E-state index in [-0.39, 0.29) is 21.3 Å². The van der Waals surface area contributed by atoms with Gasteiger partial charge in [-0.1, -0.05) is 71.2 Å². The molecule has 4 aromatic carbocycles. The molecule has 1 atom stereocenters. The quantitative estimate of drug-likeness (QED) is 0.205. The van der Waals surface area contributed by atoms with Gasteiger partial charge in [-0.15, -0.1) is 11.8 Å². The topological polar surface area (TPSA) is 58.2 Å². The lowest BCUT2D eigenvalue weighted by Gasteiger charge is -2.19. The van der Waals surface area contributed by atoms with Crippen molar-refractivity contribution in [2.24, 2.45) is 0 Å². The maximum absolute atomic E-state index is 13.4. The van der Waals surface area contributed by atoms with Crippen LogP contribution in [0.1, 0.15) is 26.7 Å². The molecule has 4 rings (SSSR count). The molecule has 1 unspecified atom stereocenters. The van der Waals surface area contributed by atoms with Gasteiger partial charge in [0.25, 0.3) is 5.91 Å². The van der Waals surface area contributed by atoms with Crippen LogP contribution in [-0.4, -0.2) is 11.8 Å². The minimum Gasteiger partial charge on any atom is -0.323 e. The second kappa shape index (κ2) is 12.3. The van der Waals surface area contributed by atoms with Crippen LogP contribution in [0.5, 0.6) is 0 Å². The van der Waals surface area contributed by atoms with Crippen molar-refractivity contribution < 1.29 is 22.8 Å². The third kappa shape index (κ3) is 7.48. The molecule has 2 amide bonds. The molecule has 0 aliphatic heterocycles. The Morgan fingerprint density at radius 3 is 2.21 bits per heavy atom. The lowest BCUT2D eigenvalue weighted by molar-refractivity contribution is -0.137. The highest BCUT2D eigenvalue weighted by atomic mass is 35.5. The van der Waals surface area contributed by atoms with Crippen molar-refractivity contribution >= 4 is 69.8 Å². The second-order valence-electron chi connectivity index (χ2n) is 8.20. The van der Waals surface area contributed by atoms with Crippen LogP contribution in [0, 0.1) is 0 Å². The fourth-order valence-corrected chi connectivity index (χ4v) is 5.29. The first-order valence-corrected chi connectivity index (χ1v) is 13.3. The van der Waals surface area contributed by atoms with Crippen molar-refractivity contribution in [3.05, 3.63) is 123 Å². The number of amides is 2. The second-order valence-corrected chi connectivity index (χ2v) is 10.6. The number of benzene rings is 4. The summed E-state index contributed by atoms with van der Waals surface area (Å²) in [6.07, 6.45) is -4.60. The molecular formula is C28H18Cl3F3N2O2S. The summed E-state index contributed by atoms with van der Waals surface area (Å²) in [4.78, 5) is 26.7. The fraction of sp³-hybridized carbons (Fsp3) is 0.0714. The number of halogens is 6. The van der Waals surface area contributed by atoms with E-state index in [1.54, 1.807) is 60.7 Å². The number of carbonyl (C=O) groups is 2. The number of anilines is 2. The Hall–Kier alpha value is -3.17. The predicted octanol–water partition coefficient (Wildman–Crippen LogP) is 9.39. The van der Waals surface area contributed by atoms with E-state index in [1.165, 1.54) is 12.1 Å². The van der Waals surface area contributed by atoms with Gasteiger partial charge >= 0.3 is 6.18 Å². The molecule has 4 aromatic rings. The zero-order valence-corrected chi connectivity index (χ0v) is 22.8. The Balaban J connectivity index is 1.58. The molecule has 39 heavy (non-hydrogen) atoms. The predicted molar refractivity (Wildman–Crippen MR) is 151 cm³/mol. The number of hydrogen-bond donors (Lipinski definition) is 2. The van der Waals surface area contributed by atoms with Gasteiger partial charge in [0, 0.05) is 15.6 Å². The number of nitrogens with one attached hydrogen (secondary N) is 2. The first-order chi connectivity index (χ1) is 18.5. The number of hydrogen-bond acceptors (Lipinski definition) is 3. The highest BCUT2D eigenvalue weighted by molar-refractivity contribution is 8.00. The Bertz CT molecular complexity index is 1520. The molecule has 0 radical (unpaired) electrons. The van der Waals surface area contributed by atoms with Gasteiger partial charge < -0.3 is 10.6 Å². The van der Waals surface area contributed by atoms with Crippen molar-refractivity contribution in [3.8, 4) is 0 Å². The summed E-state index contributed by atoms with van der Waals surface area (Å²) >= 11 is 19.3. The van der Waals surface area contributed by atoms with E-state index in [9.17, 15) is 22.8 Å². The van der Waals surface area contributed by atoms with Gasteiger partial charge in [-0.3, -0.25) is 9.59 Å². The van der Waals surface area contributed by atoms with E-state index in [1.807, 2.05) is 0 Å². The van der Waals surface area contributed by atoms with Gasteiger partial charge in [0.05, 0.1) is 26.9 Å². The Morgan fingerprint density at radius 1 is 0.769 bits per heavy atom. The summed E-state index contributed by atoms with van der Waals surface area (Å²) in [7, 11) is 0. The smallest absolute Gasteiger partial charge is 0.323 e. The molecule has 0 aromatic heterocycles. The van der Waals surface area contributed by atoms with Crippen molar-refractivity contribution in [1.82, 2.24) is 0 Å². The molecular weight excluding hydrogens is 592 g/mol. The molecule has 0 aliphatic carbocycles. The van der Waals surface area contributed by atoms with E-state index in [4.69, 9.17) is 34.8 Å². The molecule has 0 saturated heterocycles. The van der Waals surface area contributed by atoms with Crippen molar-refractivity contribution in [2.75, 3.05) is 10.6 Å². The Kier molecular flexibility index (Phi) is 9.12. The third-order valence-corrected chi connectivity index (χ3v) is 7.54. The number of alkyl halides is 3.